The molecule has 0 saturated heterocycles. The van der Waals surface area contributed by atoms with Gasteiger partial charge in [-0.15, -0.1) is 0 Å². The Bertz CT molecular complexity index is 356. The van der Waals surface area contributed by atoms with Crippen LogP contribution >= 0.6 is 0 Å². The van der Waals surface area contributed by atoms with E-state index in [1.165, 1.54) is 0 Å². The van der Waals surface area contributed by atoms with Gasteiger partial charge < -0.3 is 14.8 Å². The zero-order valence-corrected chi connectivity index (χ0v) is 13.0. The first-order valence-electron chi connectivity index (χ1n) is 7.53. The maximum atomic E-state index is 5.57. The maximum absolute atomic E-state index is 5.57. The summed E-state index contributed by atoms with van der Waals surface area (Å²) in [6.45, 7) is 10.9. The smallest absolute Gasteiger partial charge is 0.0889 e. The molecule has 0 radical (unpaired) electrons. The fraction of sp³-hybridized carbons (Fsp3) is 0.688. The van der Waals surface area contributed by atoms with Crippen molar-refractivity contribution >= 4 is 0 Å². The molecule has 20 heavy (non-hydrogen) atoms. The van der Waals surface area contributed by atoms with Gasteiger partial charge in [-0.1, -0.05) is 26.8 Å². The third kappa shape index (κ3) is 8.25. The molecule has 1 heterocycles. The second-order valence-corrected chi connectivity index (χ2v) is 5.32. The topological polar surface area (TPSA) is 43.4 Å². The number of ether oxygens (including phenoxy) is 2. The lowest BCUT2D eigenvalue weighted by Gasteiger charge is -2.08. The number of nitrogens with one attached hydrogen (secondary N) is 1. The summed E-state index contributed by atoms with van der Waals surface area (Å²) in [4.78, 5) is 4.56. The lowest BCUT2D eigenvalue weighted by atomic mass is 10.2. The van der Waals surface area contributed by atoms with Crippen LogP contribution in [0.2, 0.25) is 0 Å². The molecule has 0 aliphatic carbocycles. The molecule has 0 bridgehead atoms. The van der Waals surface area contributed by atoms with Crippen LogP contribution in [0.3, 0.4) is 0 Å². The van der Waals surface area contributed by atoms with Crippen LogP contribution in [0.25, 0.3) is 0 Å². The summed E-state index contributed by atoms with van der Waals surface area (Å²) in [5, 5.41) is 3.35. The molecule has 4 nitrogen and oxygen atoms in total. The molecular formula is C16H28N2O2. The van der Waals surface area contributed by atoms with Gasteiger partial charge in [-0.3, -0.25) is 4.98 Å². The summed E-state index contributed by atoms with van der Waals surface area (Å²) in [6, 6.07) is 6.07. The van der Waals surface area contributed by atoms with Crippen LogP contribution in [0.1, 0.15) is 38.6 Å². The van der Waals surface area contributed by atoms with Crippen LogP contribution in [0.15, 0.2) is 18.2 Å². The Morgan fingerprint density at radius 2 is 1.90 bits per heavy atom. The van der Waals surface area contributed by atoms with Crippen LogP contribution in [-0.4, -0.2) is 31.3 Å². The average Bonchev–Trinajstić information content (AvgIpc) is 2.43. The summed E-state index contributed by atoms with van der Waals surface area (Å²) in [5.74, 6) is 0.573. The SMILES string of the molecule is CCCNCc1cccc(COCCOCC(C)C)n1. The van der Waals surface area contributed by atoms with E-state index in [0.29, 0.717) is 25.7 Å². The van der Waals surface area contributed by atoms with Crippen LogP contribution in [0.5, 0.6) is 0 Å². The standard InChI is InChI=1S/C16H28N2O2/c1-4-8-17-11-15-6-5-7-16(18-15)13-20-10-9-19-12-14(2)3/h5-7,14,17H,4,8-13H2,1-3H3. The van der Waals surface area contributed by atoms with Gasteiger partial charge in [0.25, 0.3) is 0 Å². The summed E-state index contributed by atoms with van der Waals surface area (Å²) in [6.07, 6.45) is 1.14. The first-order chi connectivity index (χ1) is 9.72. The van der Waals surface area contributed by atoms with E-state index in [-0.39, 0.29) is 0 Å². The first kappa shape index (κ1) is 17.1. The number of hydrogen-bond acceptors (Lipinski definition) is 4. The highest BCUT2D eigenvalue weighted by Crippen LogP contribution is 2.01. The van der Waals surface area contributed by atoms with Gasteiger partial charge in [0.05, 0.1) is 31.2 Å². The fourth-order valence-corrected chi connectivity index (χ4v) is 1.71. The Hall–Kier alpha value is -0.970. The fourth-order valence-electron chi connectivity index (χ4n) is 1.71. The van der Waals surface area contributed by atoms with Crippen molar-refractivity contribution in [2.24, 2.45) is 5.92 Å². The van der Waals surface area contributed by atoms with Crippen molar-refractivity contribution in [3.63, 3.8) is 0 Å². The molecule has 0 atom stereocenters. The molecule has 1 N–H and O–H groups in total. The van der Waals surface area contributed by atoms with Crippen molar-refractivity contribution in [3.05, 3.63) is 29.6 Å². The van der Waals surface area contributed by atoms with Gasteiger partial charge in [0.15, 0.2) is 0 Å². The van der Waals surface area contributed by atoms with Gasteiger partial charge in [0.2, 0.25) is 0 Å². The van der Waals surface area contributed by atoms with E-state index < -0.39 is 0 Å². The van der Waals surface area contributed by atoms with Gasteiger partial charge in [0, 0.05) is 13.2 Å². The molecule has 0 aliphatic heterocycles. The highest BCUT2D eigenvalue weighted by atomic mass is 16.5. The van der Waals surface area contributed by atoms with Gasteiger partial charge in [-0.25, -0.2) is 0 Å². The van der Waals surface area contributed by atoms with Crippen molar-refractivity contribution in [1.82, 2.24) is 10.3 Å². The van der Waals surface area contributed by atoms with E-state index in [1.807, 2.05) is 18.2 Å². The Kier molecular flexibility index (Phi) is 9.20. The number of hydrogen-bond donors (Lipinski definition) is 1. The molecule has 0 aliphatic rings. The van der Waals surface area contributed by atoms with Crippen LogP contribution in [0.4, 0.5) is 0 Å². The molecule has 1 rings (SSSR count). The number of pyridine rings is 1. The lowest BCUT2D eigenvalue weighted by molar-refractivity contribution is 0.0304. The van der Waals surface area contributed by atoms with E-state index in [9.17, 15) is 0 Å². The third-order valence-electron chi connectivity index (χ3n) is 2.67. The minimum absolute atomic E-state index is 0.548. The van der Waals surface area contributed by atoms with Crippen molar-refractivity contribution < 1.29 is 9.47 Å². The second-order valence-electron chi connectivity index (χ2n) is 5.32. The Morgan fingerprint density at radius 3 is 2.65 bits per heavy atom. The summed E-state index contributed by atoms with van der Waals surface area (Å²) in [7, 11) is 0. The third-order valence-corrected chi connectivity index (χ3v) is 2.67. The number of rotatable bonds is 11. The molecular weight excluding hydrogens is 252 g/mol. The average molecular weight is 280 g/mol. The van der Waals surface area contributed by atoms with Gasteiger partial charge in [-0.2, -0.15) is 0 Å². The van der Waals surface area contributed by atoms with Crippen molar-refractivity contribution in [1.29, 1.82) is 0 Å². The predicted octanol–water partition coefficient (Wildman–Crippen LogP) is 2.77. The highest BCUT2D eigenvalue weighted by molar-refractivity contribution is 5.10. The highest BCUT2D eigenvalue weighted by Gasteiger charge is 1.99. The van der Waals surface area contributed by atoms with Crippen LogP contribution < -0.4 is 5.32 Å². The molecule has 4 heteroatoms. The van der Waals surface area contributed by atoms with Crippen LogP contribution in [-0.2, 0) is 22.6 Å². The summed E-state index contributed by atoms with van der Waals surface area (Å²) >= 11 is 0. The minimum atomic E-state index is 0.548. The summed E-state index contributed by atoms with van der Waals surface area (Å²) in [5.41, 5.74) is 2.04. The largest absolute Gasteiger partial charge is 0.379 e. The molecule has 0 fully saturated rings. The van der Waals surface area contributed by atoms with E-state index in [4.69, 9.17) is 9.47 Å². The maximum Gasteiger partial charge on any atom is 0.0889 e. The van der Waals surface area contributed by atoms with Crippen molar-refractivity contribution in [2.75, 3.05) is 26.4 Å². The molecule has 0 unspecified atom stereocenters. The Balaban J connectivity index is 2.18. The zero-order chi connectivity index (χ0) is 14.6. The molecule has 0 aromatic carbocycles. The Labute approximate surface area is 122 Å². The summed E-state index contributed by atoms with van der Waals surface area (Å²) < 4.78 is 11.0. The van der Waals surface area contributed by atoms with Gasteiger partial charge >= 0.3 is 0 Å². The minimum Gasteiger partial charge on any atom is -0.379 e. The number of aromatic nitrogens is 1. The van der Waals surface area contributed by atoms with E-state index in [2.05, 4.69) is 31.1 Å². The molecule has 0 spiro atoms. The molecule has 1 aromatic heterocycles. The molecule has 0 amide bonds. The van der Waals surface area contributed by atoms with E-state index in [0.717, 1.165) is 37.5 Å². The monoisotopic (exact) mass is 280 g/mol. The molecule has 1 aromatic rings. The van der Waals surface area contributed by atoms with E-state index >= 15 is 0 Å². The van der Waals surface area contributed by atoms with Crippen molar-refractivity contribution in [3.8, 4) is 0 Å². The molecule has 114 valence electrons. The number of nitrogens with zero attached hydrogens (tertiary/aromatic N) is 1. The lowest BCUT2D eigenvalue weighted by Crippen LogP contribution is -2.15. The molecule has 0 saturated carbocycles. The van der Waals surface area contributed by atoms with Crippen molar-refractivity contribution in [2.45, 2.75) is 40.3 Å². The quantitative estimate of drug-likeness (QED) is 0.633. The first-order valence-corrected chi connectivity index (χ1v) is 7.53. The Morgan fingerprint density at radius 1 is 1.15 bits per heavy atom. The van der Waals surface area contributed by atoms with Crippen LogP contribution in [0, 0.1) is 5.92 Å². The van der Waals surface area contributed by atoms with E-state index in [1.54, 1.807) is 0 Å². The van der Waals surface area contributed by atoms with Gasteiger partial charge in [-0.05, 0) is 31.0 Å². The predicted molar refractivity (Wildman–Crippen MR) is 81.5 cm³/mol. The normalized spacial score (nSPS) is 11.2. The zero-order valence-electron chi connectivity index (χ0n) is 13.0. The van der Waals surface area contributed by atoms with Gasteiger partial charge in [0.1, 0.15) is 0 Å². The second kappa shape index (κ2) is 10.8.